The number of aliphatic hydroxyl groups excluding tert-OH is 1. The maximum absolute atomic E-state index is 8.31. The largest absolute Gasteiger partial charge is 0.480 e. The standard InChI is InChI=1S/C3H5NO2/c5-3-1-4-2-6-3/h1,4-5H,2H2. The first-order valence-electron chi connectivity index (χ1n) is 1.65. The molecule has 3 heteroatoms. The number of rotatable bonds is 0. The third-order valence-corrected chi connectivity index (χ3v) is 0.529. The van der Waals surface area contributed by atoms with E-state index < -0.39 is 0 Å². The molecule has 1 aliphatic rings. The molecule has 6 heavy (non-hydrogen) atoms. The van der Waals surface area contributed by atoms with E-state index in [1.54, 1.807) is 0 Å². The van der Waals surface area contributed by atoms with E-state index in [9.17, 15) is 0 Å². The van der Waals surface area contributed by atoms with Gasteiger partial charge in [0, 0.05) is 0 Å². The van der Waals surface area contributed by atoms with Crippen molar-refractivity contribution in [1.82, 2.24) is 5.32 Å². The zero-order chi connectivity index (χ0) is 4.41. The molecule has 0 fully saturated rings. The van der Waals surface area contributed by atoms with Crippen molar-refractivity contribution in [3.63, 3.8) is 0 Å². The molecule has 0 saturated carbocycles. The summed E-state index contributed by atoms with van der Waals surface area (Å²) >= 11 is 0. The molecule has 0 spiro atoms. The van der Waals surface area contributed by atoms with Crippen LogP contribution in [-0.2, 0) is 4.74 Å². The van der Waals surface area contributed by atoms with Crippen LogP contribution >= 0.6 is 0 Å². The van der Waals surface area contributed by atoms with Crippen molar-refractivity contribution < 1.29 is 9.84 Å². The van der Waals surface area contributed by atoms with E-state index >= 15 is 0 Å². The Morgan fingerprint density at radius 3 is 3.00 bits per heavy atom. The molecule has 0 aromatic rings. The molecule has 2 N–H and O–H groups in total. The van der Waals surface area contributed by atoms with Crippen LogP contribution in [0.5, 0.6) is 0 Å². The lowest BCUT2D eigenvalue weighted by Gasteiger charge is -1.87. The molecule has 3 nitrogen and oxygen atoms in total. The van der Waals surface area contributed by atoms with Crippen LogP contribution in [0.15, 0.2) is 12.1 Å². The van der Waals surface area contributed by atoms with Gasteiger partial charge in [-0.25, -0.2) is 0 Å². The third kappa shape index (κ3) is 0.381. The minimum absolute atomic E-state index is 0.0324. The number of ether oxygens (including phenoxy) is 1. The van der Waals surface area contributed by atoms with Crippen molar-refractivity contribution in [2.75, 3.05) is 6.73 Å². The molecule has 0 unspecified atom stereocenters. The number of hydrogen-bond donors (Lipinski definition) is 2. The van der Waals surface area contributed by atoms with Gasteiger partial charge in [0.05, 0.1) is 6.20 Å². The second kappa shape index (κ2) is 1.08. The predicted molar refractivity (Wildman–Crippen MR) is 19.8 cm³/mol. The van der Waals surface area contributed by atoms with Crippen LogP contribution in [0.3, 0.4) is 0 Å². The lowest BCUT2D eigenvalue weighted by atomic mass is 10.9. The van der Waals surface area contributed by atoms with Crippen LogP contribution in [0, 0.1) is 0 Å². The highest BCUT2D eigenvalue weighted by Gasteiger charge is 1.96. The van der Waals surface area contributed by atoms with Crippen molar-refractivity contribution in [3.8, 4) is 0 Å². The Bertz CT molecular complexity index is 78.9. The van der Waals surface area contributed by atoms with Crippen LogP contribution in [0.25, 0.3) is 0 Å². The molecular formula is C3H5NO2. The van der Waals surface area contributed by atoms with E-state index in [4.69, 9.17) is 5.11 Å². The molecule has 0 amide bonds. The van der Waals surface area contributed by atoms with E-state index in [0.29, 0.717) is 6.73 Å². The molecular weight excluding hydrogens is 82.0 g/mol. The fraction of sp³-hybridized carbons (Fsp3) is 0.333. The molecule has 0 aromatic heterocycles. The van der Waals surface area contributed by atoms with Crippen LogP contribution in [0.2, 0.25) is 0 Å². The van der Waals surface area contributed by atoms with Crippen LogP contribution in [0.1, 0.15) is 0 Å². The molecule has 0 aliphatic carbocycles. The van der Waals surface area contributed by atoms with Crippen molar-refractivity contribution in [2.45, 2.75) is 0 Å². The third-order valence-electron chi connectivity index (χ3n) is 0.529. The van der Waals surface area contributed by atoms with Gasteiger partial charge in [-0.3, -0.25) is 0 Å². The van der Waals surface area contributed by atoms with E-state index in [2.05, 4.69) is 10.1 Å². The Balaban J connectivity index is 2.45. The first kappa shape index (κ1) is 3.33. The average Bonchev–Trinajstić information content (AvgIpc) is 1.86. The van der Waals surface area contributed by atoms with E-state index in [1.807, 2.05) is 0 Å². The topological polar surface area (TPSA) is 41.5 Å². The number of aliphatic hydroxyl groups is 1. The summed E-state index contributed by atoms with van der Waals surface area (Å²) in [4.78, 5) is 0. The molecule has 0 bridgehead atoms. The Hall–Kier alpha value is -0.860. The molecule has 34 valence electrons. The SMILES string of the molecule is OC1=CNCO1. The van der Waals surface area contributed by atoms with E-state index in [0.717, 1.165) is 0 Å². The maximum Gasteiger partial charge on any atom is 0.295 e. The fourth-order valence-electron chi connectivity index (χ4n) is 0.286. The molecule has 0 saturated heterocycles. The van der Waals surface area contributed by atoms with Gasteiger partial charge in [0.2, 0.25) is 0 Å². The molecule has 0 aromatic carbocycles. The summed E-state index contributed by atoms with van der Waals surface area (Å²) in [6.45, 7) is 0.395. The predicted octanol–water partition coefficient (Wildman–Crippen LogP) is -0.0794. The van der Waals surface area contributed by atoms with Crippen molar-refractivity contribution in [3.05, 3.63) is 12.1 Å². The summed E-state index contributed by atoms with van der Waals surface area (Å²) in [5, 5.41) is 10.9. The van der Waals surface area contributed by atoms with Gasteiger partial charge < -0.3 is 15.2 Å². The first-order chi connectivity index (χ1) is 2.89. The Morgan fingerprint density at radius 1 is 2.00 bits per heavy atom. The van der Waals surface area contributed by atoms with Crippen LogP contribution in [-0.4, -0.2) is 11.8 Å². The highest BCUT2D eigenvalue weighted by atomic mass is 16.6. The second-order valence-electron chi connectivity index (χ2n) is 0.975. The summed E-state index contributed by atoms with van der Waals surface area (Å²) in [6, 6.07) is 0. The summed E-state index contributed by atoms with van der Waals surface area (Å²) in [7, 11) is 0. The van der Waals surface area contributed by atoms with E-state index in [1.165, 1.54) is 6.20 Å². The monoisotopic (exact) mass is 87.0 g/mol. The highest BCUT2D eigenvalue weighted by molar-refractivity contribution is 4.82. The molecule has 1 heterocycles. The van der Waals surface area contributed by atoms with Gasteiger partial charge in [0.25, 0.3) is 5.95 Å². The van der Waals surface area contributed by atoms with E-state index in [-0.39, 0.29) is 5.95 Å². The quantitative estimate of drug-likeness (QED) is 0.434. The smallest absolute Gasteiger partial charge is 0.295 e. The Kier molecular flexibility index (Phi) is 0.602. The van der Waals surface area contributed by atoms with Gasteiger partial charge in [0.1, 0.15) is 0 Å². The molecule has 1 aliphatic heterocycles. The lowest BCUT2D eigenvalue weighted by molar-refractivity contribution is 0.114. The normalized spacial score (nSPS) is 18.3. The van der Waals surface area contributed by atoms with Crippen molar-refractivity contribution >= 4 is 0 Å². The van der Waals surface area contributed by atoms with Gasteiger partial charge in [-0.1, -0.05) is 0 Å². The first-order valence-corrected chi connectivity index (χ1v) is 1.65. The lowest BCUT2D eigenvalue weighted by Crippen LogP contribution is -1.98. The van der Waals surface area contributed by atoms with Gasteiger partial charge in [-0.15, -0.1) is 0 Å². The summed E-state index contributed by atoms with van der Waals surface area (Å²) in [5.41, 5.74) is 0. The van der Waals surface area contributed by atoms with Crippen molar-refractivity contribution in [1.29, 1.82) is 0 Å². The van der Waals surface area contributed by atoms with Crippen LogP contribution in [0.4, 0.5) is 0 Å². The Morgan fingerprint density at radius 2 is 2.83 bits per heavy atom. The average molecular weight is 87.1 g/mol. The summed E-state index contributed by atoms with van der Waals surface area (Å²) < 4.78 is 4.46. The second-order valence-corrected chi connectivity index (χ2v) is 0.975. The minimum Gasteiger partial charge on any atom is -0.480 e. The van der Waals surface area contributed by atoms with Gasteiger partial charge in [-0.05, 0) is 0 Å². The summed E-state index contributed by atoms with van der Waals surface area (Å²) in [6.07, 6.45) is 1.40. The zero-order valence-corrected chi connectivity index (χ0v) is 3.14. The highest BCUT2D eigenvalue weighted by Crippen LogP contribution is 1.92. The van der Waals surface area contributed by atoms with Gasteiger partial charge in [0.15, 0.2) is 6.73 Å². The molecule has 0 atom stereocenters. The van der Waals surface area contributed by atoms with Crippen molar-refractivity contribution in [2.24, 2.45) is 0 Å². The molecule has 1 rings (SSSR count). The zero-order valence-electron chi connectivity index (χ0n) is 3.14. The van der Waals surface area contributed by atoms with Gasteiger partial charge >= 0.3 is 0 Å². The summed E-state index contributed by atoms with van der Waals surface area (Å²) in [5.74, 6) is -0.0324. The fourth-order valence-corrected chi connectivity index (χ4v) is 0.286. The minimum atomic E-state index is -0.0324. The maximum atomic E-state index is 8.31. The van der Waals surface area contributed by atoms with Crippen LogP contribution < -0.4 is 5.32 Å². The Labute approximate surface area is 35.2 Å². The number of hydrogen-bond acceptors (Lipinski definition) is 3. The molecule has 0 radical (unpaired) electrons. The number of nitrogens with one attached hydrogen (secondary N) is 1. The van der Waals surface area contributed by atoms with Gasteiger partial charge in [-0.2, -0.15) is 0 Å².